The molecule has 108 valence electrons. The van der Waals surface area contributed by atoms with E-state index in [1.54, 1.807) is 0 Å². The molecule has 0 aliphatic carbocycles. The molecule has 4 nitrogen and oxygen atoms in total. The van der Waals surface area contributed by atoms with Gasteiger partial charge in [-0.2, -0.15) is 0 Å². The van der Waals surface area contributed by atoms with Crippen molar-refractivity contribution in [3.63, 3.8) is 0 Å². The first kappa shape index (κ1) is 13.6. The lowest BCUT2D eigenvalue weighted by Crippen LogP contribution is -2.26. The first-order chi connectivity index (χ1) is 9.74. The molecule has 4 heteroatoms. The van der Waals surface area contributed by atoms with Gasteiger partial charge in [0.05, 0.1) is 5.92 Å². The first-order valence-corrected chi connectivity index (χ1v) is 7.51. The molecule has 0 saturated carbocycles. The third-order valence-corrected chi connectivity index (χ3v) is 4.63. The van der Waals surface area contributed by atoms with Gasteiger partial charge in [-0.25, -0.2) is 0 Å². The quantitative estimate of drug-likeness (QED) is 0.787. The number of benzene rings is 1. The van der Waals surface area contributed by atoms with Crippen molar-refractivity contribution < 1.29 is 9.90 Å². The number of hydrogen-bond acceptors (Lipinski definition) is 3. The van der Waals surface area contributed by atoms with E-state index < -0.39 is 5.97 Å². The van der Waals surface area contributed by atoms with Crippen LogP contribution in [0, 0.1) is 5.92 Å². The van der Waals surface area contributed by atoms with E-state index in [0.29, 0.717) is 18.9 Å². The molecule has 0 radical (unpaired) electrons. The van der Waals surface area contributed by atoms with Crippen LogP contribution in [0.5, 0.6) is 0 Å². The summed E-state index contributed by atoms with van der Waals surface area (Å²) in [6.07, 6.45) is 3.12. The minimum Gasteiger partial charge on any atom is -0.481 e. The van der Waals surface area contributed by atoms with Crippen LogP contribution >= 0.6 is 0 Å². The largest absolute Gasteiger partial charge is 0.481 e. The van der Waals surface area contributed by atoms with E-state index in [4.69, 9.17) is 5.11 Å². The van der Waals surface area contributed by atoms with Gasteiger partial charge in [-0.1, -0.05) is 24.3 Å². The lowest BCUT2D eigenvalue weighted by molar-refractivity contribution is -0.141. The van der Waals surface area contributed by atoms with E-state index in [2.05, 4.69) is 34.9 Å². The highest BCUT2D eigenvalue weighted by Crippen LogP contribution is 2.30. The first-order valence-electron chi connectivity index (χ1n) is 7.51. The van der Waals surface area contributed by atoms with Gasteiger partial charge in [0.2, 0.25) is 0 Å². The molecular formula is C16H22N2O2. The Morgan fingerprint density at radius 3 is 2.35 bits per heavy atom. The average Bonchev–Trinajstić information content (AvgIpc) is 2.98. The van der Waals surface area contributed by atoms with E-state index in [0.717, 1.165) is 13.1 Å². The van der Waals surface area contributed by atoms with Crippen LogP contribution in [0.2, 0.25) is 0 Å². The summed E-state index contributed by atoms with van der Waals surface area (Å²) in [7, 11) is 0. The zero-order valence-electron chi connectivity index (χ0n) is 11.6. The Balaban J connectivity index is 1.65. The molecule has 2 heterocycles. The highest BCUT2D eigenvalue weighted by molar-refractivity contribution is 5.70. The summed E-state index contributed by atoms with van der Waals surface area (Å²) < 4.78 is 0. The fraction of sp³-hybridized carbons (Fsp3) is 0.562. The molecule has 0 bridgehead atoms. The fourth-order valence-corrected chi connectivity index (χ4v) is 3.33. The zero-order valence-corrected chi connectivity index (χ0v) is 11.6. The summed E-state index contributed by atoms with van der Waals surface area (Å²) in [6, 6.07) is 8.97. The van der Waals surface area contributed by atoms with Gasteiger partial charge in [0.1, 0.15) is 0 Å². The van der Waals surface area contributed by atoms with Crippen molar-refractivity contribution in [2.75, 3.05) is 19.6 Å². The number of piperidine rings is 1. The van der Waals surface area contributed by atoms with E-state index in [1.807, 2.05) is 0 Å². The van der Waals surface area contributed by atoms with Crippen molar-refractivity contribution in [1.82, 2.24) is 10.6 Å². The normalized spacial score (nSPS) is 27.6. The summed E-state index contributed by atoms with van der Waals surface area (Å²) in [6.45, 7) is 2.80. The molecule has 2 aliphatic heterocycles. The van der Waals surface area contributed by atoms with Gasteiger partial charge in [0.15, 0.2) is 0 Å². The second-order valence-corrected chi connectivity index (χ2v) is 5.92. The maximum atomic E-state index is 11.0. The molecule has 2 unspecified atom stereocenters. The molecule has 2 atom stereocenters. The van der Waals surface area contributed by atoms with Gasteiger partial charge in [-0.15, -0.1) is 0 Å². The van der Waals surface area contributed by atoms with Crippen molar-refractivity contribution >= 4 is 5.97 Å². The van der Waals surface area contributed by atoms with Crippen LogP contribution in [-0.4, -0.2) is 30.7 Å². The number of carboxylic acid groups (broad SMARTS) is 1. The smallest absolute Gasteiger partial charge is 0.307 e. The Bertz CT molecular complexity index is 466. The fourth-order valence-electron chi connectivity index (χ4n) is 3.33. The van der Waals surface area contributed by atoms with Crippen molar-refractivity contribution in [2.45, 2.75) is 31.2 Å². The third-order valence-electron chi connectivity index (χ3n) is 4.63. The number of nitrogens with one attached hydrogen (secondary N) is 2. The summed E-state index contributed by atoms with van der Waals surface area (Å²) >= 11 is 0. The number of hydrogen-bond donors (Lipinski definition) is 3. The number of carboxylic acids is 1. The van der Waals surface area contributed by atoms with Gasteiger partial charge in [0, 0.05) is 12.6 Å². The highest BCUT2D eigenvalue weighted by atomic mass is 16.4. The Kier molecular flexibility index (Phi) is 4.03. The second kappa shape index (κ2) is 5.94. The van der Waals surface area contributed by atoms with E-state index >= 15 is 0 Å². The van der Waals surface area contributed by atoms with Gasteiger partial charge in [0.25, 0.3) is 0 Å². The Morgan fingerprint density at radius 1 is 1.10 bits per heavy atom. The molecule has 1 aromatic carbocycles. The maximum Gasteiger partial charge on any atom is 0.307 e. The van der Waals surface area contributed by atoms with Gasteiger partial charge >= 0.3 is 5.97 Å². The number of aliphatic carboxylic acids is 1. The van der Waals surface area contributed by atoms with Crippen molar-refractivity contribution in [3.8, 4) is 0 Å². The topological polar surface area (TPSA) is 61.4 Å². The molecule has 3 rings (SSSR count). The predicted molar refractivity (Wildman–Crippen MR) is 77.8 cm³/mol. The predicted octanol–water partition coefficient (Wildman–Crippen LogP) is 1.89. The van der Waals surface area contributed by atoms with Crippen LogP contribution in [0.1, 0.15) is 42.3 Å². The monoisotopic (exact) mass is 274 g/mol. The lowest BCUT2D eigenvalue weighted by atomic mass is 9.89. The minimum absolute atomic E-state index is 0.193. The molecule has 3 N–H and O–H groups in total. The molecule has 2 aliphatic rings. The van der Waals surface area contributed by atoms with E-state index in [9.17, 15) is 4.79 Å². The Hall–Kier alpha value is -1.39. The highest BCUT2D eigenvalue weighted by Gasteiger charge is 2.30. The van der Waals surface area contributed by atoms with Crippen LogP contribution in [0.4, 0.5) is 0 Å². The van der Waals surface area contributed by atoms with Crippen LogP contribution in [0.25, 0.3) is 0 Å². The molecule has 0 amide bonds. The maximum absolute atomic E-state index is 11.0. The minimum atomic E-state index is -0.689. The Morgan fingerprint density at radius 2 is 1.75 bits per heavy atom. The molecule has 1 aromatic rings. The summed E-state index contributed by atoms with van der Waals surface area (Å²) in [4.78, 5) is 11.0. The van der Waals surface area contributed by atoms with Crippen LogP contribution in [0.3, 0.4) is 0 Å². The molecule has 20 heavy (non-hydrogen) atoms. The van der Waals surface area contributed by atoms with E-state index in [-0.39, 0.29) is 12.0 Å². The SMILES string of the molecule is O=C(O)C1CNC(c2ccc(C3CCNCC3)cc2)C1. The molecule has 2 saturated heterocycles. The van der Waals surface area contributed by atoms with Gasteiger partial charge < -0.3 is 15.7 Å². The van der Waals surface area contributed by atoms with Gasteiger partial charge in [-0.05, 0) is 49.4 Å². The van der Waals surface area contributed by atoms with Gasteiger partial charge in [-0.3, -0.25) is 4.79 Å². The van der Waals surface area contributed by atoms with Crippen molar-refractivity contribution in [2.24, 2.45) is 5.92 Å². The summed E-state index contributed by atoms with van der Waals surface area (Å²) in [5.41, 5.74) is 2.63. The molecular weight excluding hydrogens is 252 g/mol. The molecule has 0 aromatic heterocycles. The van der Waals surface area contributed by atoms with E-state index in [1.165, 1.54) is 24.0 Å². The Labute approximate surface area is 119 Å². The average molecular weight is 274 g/mol. The zero-order chi connectivity index (χ0) is 13.9. The number of carbonyl (C=O) groups is 1. The third kappa shape index (κ3) is 2.86. The van der Waals surface area contributed by atoms with Crippen molar-refractivity contribution in [3.05, 3.63) is 35.4 Å². The molecule has 0 spiro atoms. The standard InChI is InChI=1S/C16H22N2O2/c19-16(20)14-9-15(18-10-14)13-3-1-11(2-4-13)12-5-7-17-8-6-12/h1-4,12,14-15,17-18H,5-10H2,(H,19,20). The van der Waals surface area contributed by atoms with Crippen LogP contribution in [0.15, 0.2) is 24.3 Å². The van der Waals surface area contributed by atoms with Crippen LogP contribution in [-0.2, 0) is 4.79 Å². The summed E-state index contributed by atoms with van der Waals surface area (Å²) in [5.74, 6) is -0.260. The van der Waals surface area contributed by atoms with Crippen LogP contribution < -0.4 is 10.6 Å². The lowest BCUT2D eigenvalue weighted by Gasteiger charge is -2.23. The number of rotatable bonds is 3. The second-order valence-electron chi connectivity index (χ2n) is 5.92. The van der Waals surface area contributed by atoms with Crippen molar-refractivity contribution in [1.29, 1.82) is 0 Å². The molecule has 2 fully saturated rings. The summed E-state index contributed by atoms with van der Waals surface area (Å²) in [5, 5.41) is 15.7.